The maximum absolute atomic E-state index is 15.6. The van der Waals surface area contributed by atoms with Gasteiger partial charge in [-0.2, -0.15) is 5.26 Å². The number of likely N-dealkylation sites (tertiary alicyclic amines) is 1. The minimum atomic E-state index is -1.57. The number of rotatable bonds is 9. The van der Waals surface area contributed by atoms with Crippen molar-refractivity contribution < 1.29 is 23.8 Å². The van der Waals surface area contributed by atoms with E-state index < -0.39 is 47.6 Å². The number of amides is 1. The molecule has 206 valence electrons. The summed E-state index contributed by atoms with van der Waals surface area (Å²) in [5.74, 6) is -2.31. The third-order valence-electron chi connectivity index (χ3n) is 6.95. The molecule has 1 aliphatic heterocycles. The van der Waals surface area contributed by atoms with Gasteiger partial charge in [-0.1, -0.05) is 62.2 Å². The van der Waals surface area contributed by atoms with Crippen LogP contribution in [0.5, 0.6) is 0 Å². The molecule has 0 saturated carbocycles. The van der Waals surface area contributed by atoms with E-state index in [1.54, 1.807) is 11.0 Å². The monoisotopic (exact) mass is 567 g/mol. The lowest BCUT2D eigenvalue weighted by molar-refractivity contribution is -0.122. The molecule has 10 heteroatoms. The Labute approximate surface area is 232 Å². The first-order chi connectivity index (χ1) is 17.8. The minimum Gasteiger partial charge on any atom is -0.394 e. The zero-order valence-corrected chi connectivity index (χ0v) is 23.2. The van der Waals surface area contributed by atoms with Crippen molar-refractivity contribution in [1.82, 2.24) is 10.2 Å². The van der Waals surface area contributed by atoms with Gasteiger partial charge >= 0.3 is 0 Å². The van der Waals surface area contributed by atoms with E-state index in [-0.39, 0.29) is 52.6 Å². The van der Waals surface area contributed by atoms with Gasteiger partial charge in [0, 0.05) is 29.2 Å². The molecule has 1 saturated heterocycles. The molecule has 0 radical (unpaired) electrons. The van der Waals surface area contributed by atoms with Crippen LogP contribution in [0.2, 0.25) is 10.0 Å². The number of aliphatic hydroxyl groups is 2. The van der Waals surface area contributed by atoms with Gasteiger partial charge in [-0.25, -0.2) is 8.78 Å². The maximum atomic E-state index is 15.6. The Morgan fingerprint density at radius 2 is 2.00 bits per heavy atom. The predicted octanol–water partition coefficient (Wildman–Crippen LogP) is 5.00. The smallest absolute Gasteiger partial charge is 0.234 e. The van der Waals surface area contributed by atoms with Gasteiger partial charge in [-0.15, -0.1) is 0 Å². The summed E-state index contributed by atoms with van der Waals surface area (Å²) in [6.45, 7) is 5.72. The molecule has 2 aromatic carbocycles. The van der Waals surface area contributed by atoms with Gasteiger partial charge in [0.25, 0.3) is 0 Å². The van der Waals surface area contributed by atoms with E-state index in [9.17, 15) is 15.2 Å². The Bertz CT molecular complexity index is 1200. The number of nitrogens with zero attached hydrogens (tertiary/aromatic N) is 2. The van der Waals surface area contributed by atoms with Gasteiger partial charge in [0.15, 0.2) is 0 Å². The lowest BCUT2D eigenvalue weighted by atomic mass is 9.63. The lowest BCUT2D eigenvalue weighted by Crippen LogP contribution is -2.42. The van der Waals surface area contributed by atoms with Gasteiger partial charge in [-0.05, 0) is 42.4 Å². The number of aliphatic hydroxyl groups excluding tert-OH is 2. The average Bonchev–Trinajstić information content (AvgIpc) is 3.12. The highest BCUT2D eigenvalue weighted by Crippen LogP contribution is 2.56. The maximum Gasteiger partial charge on any atom is 0.234 e. The van der Waals surface area contributed by atoms with Crippen LogP contribution in [-0.4, -0.2) is 53.4 Å². The first kappa shape index (κ1) is 30.3. The molecule has 1 aliphatic rings. The van der Waals surface area contributed by atoms with Crippen molar-refractivity contribution in [1.29, 1.82) is 5.26 Å². The van der Waals surface area contributed by atoms with E-state index in [0.717, 1.165) is 6.07 Å². The summed E-state index contributed by atoms with van der Waals surface area (Å²) in [6.07, 6.45) is -0.327. The summed E-state index contributed by atoms with van der Waals surface area (Å²) in [6, 6.07) is 9.89. The SMILES string of the molecule is CC(C)(C)CC1CN(CC(=O)NCCC(O)CO)C(c2cccc(Cl)c2F)C1(C#N)c1ccc(Cl)cc1F. The Kier molecular flexibility index (Phi) is 9.77. The fraction of sp³-hybridized carbons (Fsp3) is 0.500. The third kappa shape index (κ3) is 6.47. The molecule has 3 N–H and O–H groups in total. The van der Waals surface area contributed by atoms with Crippen LogP contribution in [-0.2, 0) is 10.2 Å². The Hall–Kier alpha value is -2.28. The van der Waals surface area contributed by atoms with Crippen molar-refractivity contribution in [3.05, 3.63) is 69.2 Å². The minimum absolute atomic E-state index is 0.0806. The largest absolute Gasteiger partial charge is 0.394 e. The van der Waals surface area contributed by atoms with Crippen LogP contribution in [0, 0.1) is 34.3 Å². The number of nitriles is 1. The second-order valence-corrected chi connectivity index (χ2v) is 11.9. The number of hydrogen-bond acceptors (Lipinski definition) is 5. The number of carbonyl (C=O) groups excluding carboxylic acids is 1. The quantitative estimate of drug-likeness (QED) is 0.396. The van der Waals surface area contributed by atoms with Crippen LogP contribution in [0.25, 0.3) is 0 Å². The fourth-order valence-corrected chi connectivity index (χ4v) is 5.79. The van der Waals surface area contributed by atoms with Gasteiger partial charge in [0.2, 0.25) is 5.91 Å². The van der Waals surface area contributed by atoms with Crippen molar-refractivity contribution in [2.45, 2.75) is 51.2 Å². The molecule has 1 amide bonds. The van der Waals surface area contributed by atoms with Crippen LogP contribution in [0.15, 0.2) is 36.4 Å². The molecule has 38 heavy (non-hydrogen) atoms. The molecule has 0 bridgehead atoms. The van der Waals surface area contributed by atoms with Crippen LogP contribution in [0.4, 0.5) is 8.78 Å². The van der Waals surface area contributed by atoms with E-state index in [2.05, 4.69) is 11.4 Å². The molecule has 4 unspecified atom stereocenters. The molecule has 1 fully saturated rings. The van der Waals surface area contributed by atoms with Crippen molar-refractivity contribution in [2.24, 2.45) is 11.3 Å². The predicted molar refractivity (Wildman–Crippen MR) is 143 cm³/mol. The topological polar surface area (TPSA) is 96.6 Å². The highest BCUT2D eigenvalue weighted by atomic mass is 35.5. The zero-order valence-electron chi connectivity index (χ0n) is 21.6. The highest BCUT2D eigenvalue weighted by Gasteiger charge is 2.58. The molecule has 2 aromatic rings. The van der Waals surface area contributed by atoms with Crippen LogP contribution < -0.4 is 5.32 Å². The van der Waals surface area contributed by atoms with E-state index in [4.69, 9.17) is 28.3 Å². The van der Waals surface area contributed by atoms with Crippen molar-refractivity contribution in [2.75, 3.05) is 26.2 Å². The molecular weight excluding hydrogens is 535 g/mol. The second-order valence-electron chi connectivity index (χ2n) is 11.0. The lowest BCUT2D eigenvalue weighted by Gasteiger charge is -2.38. The summed E-state index contributed by atoms with van der Waals surface area (Å²) >= 11 is 12.2. The number of hydrogen-bond donors (Lipinski definition) is 3. The van der Waals surface area contributed by atoms with Crippen LogP contribution >= 0.6 is 23.2 Å². The van der Waals surface area contributed by atoms with Gasteiger partial charge in [0.05, 0.1) is 36.4 Å². The summed E-state index contributed by atoms with van der Waals surface area (Å²) in [7, 11) is 0. The standard InChI is InChI=1S/C28H33Cl2F2N3O3/c1-27(2,3)12-17-13-35(14-24(38)34-10-9-19(37)15-36)26(20-5-4-6-22(30)25(20)32)28(17,16-33)21-8-7-18(29)11-23(21)31/h4-8,11,17,19,26,36-37H,9-10,12-15H2,1-3H3,(H,34,38). The fourth-order valence-electron chi connectivity index (χ4n) is 5.45. The number of benzene rings is 2. The first-order valence-electron chi connectivity index (χ1n) is 12.4. The van der Waals surface area contributed by atoms with E-state index in [0.29, 0.717) is 6.42 Å². The van der Waals surface area contributed by atoms with Crippen LogP contribution in [0.1, 0.15) is 50.8 Å². The molecule has 4 atom stereocenters. The molecule has 0 spiro atoms. The molecular formula is C28H33Cl2F2N3O3. The molecule has 0 aliphatic carbocycles. The van der Waals surface area contributed by atoms with Gasteiger partial charge in [-0.3, -0.25) is 9.69 Å². The highest BCUT2D eigenvalue weighted by molar-refractivity contribution is 6.31. The Morgan fingerprint density at radius 1 is 1.29 bits per heavy atom. The molecule has 1 heterocycles. The number of halogens is 4. The Balaban J connectivity index is 2.16. The zero-order chi connectivity index (χ0) is 28.3. The first-order valence-corrected chi connectivity index (χ1v) is 13.2. The van der Waals surface area contributed by atoms with Crippen LogP contribution in [0.3, 0.4) is 0 Å². The van der Waals surface area contributed by atoms with Crippen molar-refractivity contribution in [3.63, 3.8) is 0 Å². The second kappa shape index (κ2) is 12.3. The molecule has 0 aromatic heterocycles. The molecule has 3 rings (SSSR count). The van der Waals surface area contributed by atoms with Gasteiger partial charge in [0.1, 0.15) is 17.0 Å². The number of carbonyl (C=O) groups is 1. The number of nitrogens with one attached hydrogen (secondary N) is 1. The Morgan fingerprint density at radius 3 is 2.61 bits per heavy atom. The summed E-state index contributed by atoms with van der Waals surface area (Å²) in [5, 5.41) is 32.1. The van der Waals surface area contributed by atoms with Crippen molar-refractivity contribution >= 4 is 29.1 Å². The summed E-state index contributed by atoms with van der Waals surface area (Å²) in [5.41, 5.74) is -1.67. The summed E-state index contributed by atoms with van der Waals surface area (Å²) in [4.78, 5) is 14.6. The van der Waals surface area contributed by atoms with E-state index in [1.165, 1.54) is 24.3 Å². The normalized spacial score (nSPS) is 22.7. The van der Waals surface area contributed by atoms with E-state index in [1.807, 2.05) is 20.8 Å². The molecule has 6 nitrogen and oxygen atoms in total. The summed E-state index contributed by atoms with van der Waals surface area (Å²) < 4.78 is 31.2. The van der Waals surface area contributed by atoms with E-state index >= 15 is 8.78 Å². The average molecular weight is 568 g/mol. The van der Waals surface area contributed by atoms with Gasteiger partial charge < -0.3 is 15.5 Å². The third-order valence-corrected chi connectivity index (χ3v) is 7.48. The van der Waals surface area contributed by atoms with Crippen molar-refractivity contribution in [3.8, 4) is 6.07 Å².